The predicted molar refractivity (Wildman–Crippen MR) is 100 cm³/mol. The SMILES string of the molecule is Cn1cc(C(=O)NS(=O)(=O)c2ccc3c(c2)CCCC(=O)N3)c(CCC(F)(F)F)n1. The van der Waals surface area contributed by atoms with Gasteiger partial charge in [0.05, 0.1) is 16.2 Å². The second-order valence-corrected chi connectivity index (χ2v) is 8.62. The van der Waals surface area contributed by atoms with Crippen LogP contribution >= 0.6 is 0 Å². The first-order valence-electron chi connectivity index (χ1n) is 9.04. The smallest absolute Gasteiger partial charge is 0.326 e. The molecule has 12 heteroatoms. The zero-order valence-corrected chi connectivity index (χ0v) is 16.7. The number of benzene rings is 1. The number of sulfonamides is 1. The van der Waals surface area contributed by atoms with Gasteiger partial charge in [0.15, 0.2) is 0 Å². The Kier molecular flexibility index (Phi) is 5.88. The van der Waals surface area contributed by atoms with E-state index in [1.54, 1.807) is 0 Å². The van der Waals surface area contributed by atoms with Crippen molar-refractivity contribution >= 4 is 27.5 Å². The Morgan fingerprint density at radius 2 is 2.03 bits per heavy atom. The van der Waals surface area contributed by atoms with E-state index in [-0.39, 0.29) is 22.1 Å². The molecule has 0 atom stereocenters. The van der Waals surface area contributed by atoms with Crippen LogP contribution < -0.4 is 10.0 Å². The fraction of sp³-hybridized carbons (Fsp3) is 0.389. The molecule has 1 aromatic carbocycles. The summed E-state index contributed by atoms with van der Waals surface area (Å²) in [6.07, 6.45) is -3.66. The minimum atomic E-state index is -4.44. The summed E-state index contributed by atoms with van der Waals surface area (Å²) in [5, 5.41) is 6.51. The number of aryl methyl sites for hydroxylation is 3. The van der Waals surface area contributed by atoms with Gasteiger partial charge in [-0.25, -0.2) is 13.1 Å². The molecule has 0 saturated carbocycles. The van der Waals surface area contributed by atoms with Crippen LogP contribution in [-0.4, -0.2) is 36.2 Å². The van der Waals surface area contributed by atoms with E-state index in [9.17, 15) is 31.2 Å². The van der Waals surface area contributed by atoms with Crippen molar-refractivity contribution in [3.63, 3.8) is 0 Å². The molecule has 2 aromatic rings. The minimum absolute atomic E-state index is 0.146. The third-order valence-electron chi connectivity index (χ3n) is 4.53. The van der Waals surface area contributed by atoms with Gasteiger partial charge in [-0.2, -0.15) is 18.3 Å². The van der Waals surface area contributed by atoms with Crippen LogP contribution in [0.3, 0.4) is 0 Å². The van der Waals surface area contributed by atoms with E-state index < -0.39 is 34.9 Å². The van der Waals surface area contributed by atoms with Crippen LogP contribution in [0.25, 0.3) is 0 Å². The first-order valence-corrected chi connectivity index (χ1v) is 10.5. The highest BCUT2D eigenvalue weighted by atomic mass is 32.2. The van der Waals surface area contributed by atoms with Gasteiger partial charge in [-0.05, 0) is 36.6 Å². The van der Waals surface area contributed by atoms with Crippen LogP contribution in [0.4, 0.5) is 18.9 Å². The highest BCUT2D eigenvalue weighted by Gasteiger charge is 2.29. The standard InChI is InChI=1S/C18H19F3N4O4S/c1-25-10-13(15(23-25)7-8-18(19,20)21)17(27)24-30(28,29)12-5-6-14-11(9-12)3-2-4-16(26)22-14/h5-6,9-10H,2-4,7-8H2,1H3,(H,22,26)(H,24,27). The summed E-state index contributed by atoms with van der Waals surface area (Å²) in [4.78, 5) is 23.9. The number of hydrogen-bond acceptors (Lipinski definition) is 5. The summed E-state index contributed by atoms with van der Waals surface area (Å²) in [6, 6.07) is 4.05. The average molecular weight is 444 g/mol. The molecular weight excluding hydrogens is 425 g/mol. The summed E-state index contributed by atoms with van der Waals surface area (Å²) < 4.78 is 65.9. The van der Waals surface area contributed by atoms with Gasteiger partial charge in [0.1, 0.15) is 0 Å². The lowest BCUT2D eigenvalue weighted by atomic mass is 10.1. The van der Waals surface area contributed by atoms with Gasteiger partial charge in [0, 0.05) is 38.2 Å². The molecule has 0 unspecified atom stereocenters. The molecule has 2 heterocycles. The Morgan fingerprint density at radius 3 is 2.73 bits per heavy atom. The van der Waals surface area contributed by atoms with Crippen LogP contribution in [-0.2, 0) is 34.7 Å². The molecule has 3 rings (SSSR count). The topological polar surface area (TPSA) is 110 Å². The van der Waals surface area contributed by atoms with Crippen LogP contribution in [0.2, 0.25) is 0 Å². The molecule has 1 aliphatic heterocycles. The zero-order chi connectivity index (χ0) is 22.1. The lowest BCUT2D eigenvalue weighted by Gasteiger charge is -2.11. The van der Waals surface area contributed by atoms with Gasteiger partial charge in [-0.3, -0.25) is 14.3 Å². The van der Waals surface area contributed by atoms with Gasteiger partial charge in [-0.1, -0.05) is 0 Å². The number of amides is 2. The molecule has 0 radical (unpaired) electrons. The Balaban J connectivity index is 1.82. The van der Waals surface area contributed by atoms with E-state index in [0.717, 1.165) is 4.68 Å². The first-order chi connectivity index (χ1) is 13.9. The van der Waals surface area contributed by atoms with Gasteiger partial charge in [0.25, 0.3) is 15.9 Å². The van der Waals surface area contributed by atoms with Crippen LogP contribution in [0.15, 0.2) is 29.3 Å². The Bertz CT molecular complexity index is 1090. The molecule has 8 nitrogen and oxygen atoms in total. The molecule has 30 heavy (non-hydrogen) atoms. The molecule has 0 bridgehead atoms. The van der Waals surface area contributed by atoms with E-state index in [1.807, 2.05) is 4.72 Å². The number of rotatable bonds is 5. The number of anilines is 1. The van der Waals surface area contributed by atoms with Crippen molar-refractivity contribution in [2.45, 2.75) is 43.2 Å². The third-order valence-corrected chi connectivity index (χ3v) is 5.86. The molecule has 1 aromatic heterocycles. The van der Waals surface area contributed by atoms with Crippen LogP contribution in [0.1, 0.15) is 40.9 Å². The molecule has 2 N–H and O–H groups in total. The Morgan fingerprint density at radius 1 is 1.30 bits per heavy atom. The number of nitrogens with one attached hydrogen (secondary N) is 2. The zero-order valence-electron chi connectivity index (χ0n) is 15.9. The number of hydrogen-bond donors (Lipinski definition) is 2. The highest BCUT2D eigenvalue weighted by Crippen LogP contribution is 2.26. The molecule has 1 aliphatic rings. The van der Waals surface area contributed by atoms with Crippen molar-refractivity contribution in [2.75, 3.05) is 5.32 Å². The van der Waals surface area contributed by atoms with Crippen molar-refractivity contribution in [2.24, 2.45) is 7.05 Å². The maximum absolute atomic E-state index is 12.7. The van der Waals surface area contributed by atoms with Gasteiger partial charge in [0.2, 0.25) is 5.91 Å². The number of aromatic nitrogens is 2. The number of carbonyl (C=O) groups excluding carboxylic acids is 2. The van der Waals surface area contributed by atoms with Gasteiger partial charge < -0.3 is 5.32 Å². The normalized spacial score (nSPS) is 14.6. The van der Waals surface area contributed by atoms with Crippen molar-refractivity contribution < 1.29 is 31.2 Å². The first kappa shape index (κ1) is 21.8. The molecule has 2 amide bonds. The molecule has 0 spiro atoms. The maximum Gasteiger partial charge on any atom is 0.389 e. The summed E-state index contributed by atoms with van der Waals surface area (Å²) in [5.74, 6) is -1.23. The molecule has 162 valence electrons. The third kappa shape index (κ3) is 5.17. The molecule has 0 aliphatic carbocycles. The van der Waals surface area contributed by atoms with Crippen molar-refractivity contribution in [1.82, 2.24) is 14.5 Å². The van der Waals surface area contributed by atoms with Gasteiger partial charge in [-0.15, -0.1) is 0 Å². The average Bonchev–Trinajstić information content (AvgIpc) is 2.90. The second kappa shape index (κ2) is 8.09. The number of fused-ring (bicyclic) bond motifs is 1. The van der Waals surface area contributed by atoms with Crippen molar-refractivity contribution in [3.8, 4) is 0 Å². The van der Waals surface area contributed by atoms with Crippen LogP contribution in [0.5, 0.6) is 0 Å². The minimum Gasteiger partial charge on any atom is -0.326 e. The lowest BCUT2D eigenvalue weighted by molar-refractivity contribution is -0.134. The summed E-state index contributed by atoms with van der Waals surface area (Å²) in [5.41, 5.74) is 0.729. The number of nitrogens with zero attached hydrogens (tertiary/aromatic N) is 2. The van der Waals surface area contributed by atoms with E-state index in [0.29, 0.717) is 30.5 Å². The van der Waals surface area contributed by atoms with E-state index in [1.165, 1.54) is 31.4 Å². The highest BCUT2D eigenvalue weighted by molar-refractivity contribution is 7.90. The van der Waals surface area contributed by atoms with Crippen molar-refractivity contribution in [3.05, 3.63) is 41.2 Å². The largest absolute Gasteiger partial charge is 0.389 e. The second-order valence-electron chi connectivity index (χ2n) is 6.93. The summed E-state index contributed by atoms with van der Waals surface area (Å²) in [6.45, 7) is 0. The number of halogens is 3. The van der Waals surface area contributed by atoms with Crippen LogP contribution in [0, 0.1) is 0 Å². The lowest BCUT2D eigenvalue weighted by Crippen LogP contribution is -2.31. The number of alkyl halides is 3. The molecule has 0 fully saturated rings. The fourth-order valence-corrected chi connectivity index (χ4v) is 4.14. The van der Waals surface area contributed by atoms with Gasteiger partial charge >= 0.3 is 6.18 Å². The molecule has 0 saturated heterocycles. The predicted octanol–water partition coefficient (Wildman–Crippen LogP) is 2.31. The van der Waals surface area contributed by atoms with Crippen molar-refractivity contribution in [1.29, 1.82) is 0 Å². The van der Waals surface area contributed by atoms with E-state index >= 15 is 0 Å². The fourth-order valence-electron chi connectivity index (χ4n) is 3.12. The summed E-state index contributed by atoms with van der Waals surface area (Å²) >= 11 is 0. The monoisotopic (exact) mass is 444 g/mol. The van der Waals surface area contributed by atoms with E-state index in [2.05, 4.69) is 10.4 Å². The Labute approximate surface area is 170 Å². The Hall–Kier alpha value is -2.89. The quantitative estimate of drug-likeness (QED) is 0.736. The molecular formula is C18H19F3N4O4S. The summed E-state index contributed by atoms with van der Waals surface area (Å²) in [7, 11) is -2.87. The number of carbonyl (C=O) groups is 2. The maximum atomic E-state index is 12.7. The van der Waals surface area contributed by atoms with E-state index in [4.69, 9.17) is 0 Å².